The molecule has 0 saturated carbocycles. The van der Waals surface area contributed by atoms with E-state index >= 15 is 0 Å². The number of aliphatic hydroxyl groups excluding tert-OH is 2. The van der Waals surface area contributed by atoms with Gasteiger partial charge in [-0.25, -0.2) is 9.59 Å². The minimum atomic E-state index is -1.11. The van der Waals surface area contributed by atoms with Gasteiger partial charge in [-0.3, -0.25) is 19.4 Å². The van der Waals surface area contributed by atoms with Crippen molar-refractivity contribution in [1.82, 2.24) is 20.4 Å². The average Bonchev–Trinajstić information content (AvgIpc) is 3.07. The lowest BCUT2D eigenvalue weighted by atomic mass is 10.1. The average molecular weight is 479 g/mol. The third kappa shape index (κ3) is 5.57. The highest BCUT2D eigenvalue weighted by Gasteiger charge is 2.45. The minimum absolute atomic E-state index is 0.175. The van der Waals surface area contributed by atoms with Gasteiger partial charge in [-0.15, -0.1) is 0 Å². The van der Waals surface area contributed by atoms with E-state index in [-0.39, 0.29) is 26.3 Å². The number of imide groups is 2. The zero-order chi connectivity index (χ0) is 25.3. The number of carbonyl (C=O) groups excluding carboxylic acids is 4. The van der Waals surface area contributed by atoms with Crippen LogP contribution < -0.4 is 20.1 Å². The first-order chi connectivity index (χ1) is 15.8. The molecule has 4 N–H and O–H groups in total. The van der Waals surface area contributed by atoms with Crippen LogP contribution >= 0.6 is 0 Å². The van der Waals surface area contributed by atoms with Crippen LogP contribution in [0.5, 0.6) is 11.5 Å². The van der Waals surface area contributed by atoms with Gasteiger partial charge in [0.1, 0.15) is 48.0 Å². The Balaban J connectivity index is 1.47. The molecule has 0 unspecified atom stereocenters. The molecule has 2 atom stereocenters. The molecule has 2 aliphatic heterocycles. The van der Waals surface area contributed by atoms with Crippen molar-refractivity contribution in [3.05, 3.63) is 24.3 Å². The van der Waals surface area contributed by atoms with Gasteiger partial charge in [-0.2, -0.15) is 0 Å². The van der Waals surface area contributed by atoms with Crippen LogP contribution in [0.15, 0.2) is 24.3 Å². The molecule has 0 spiro atoms. The lowest BCUT2D eigenvalue weighted by molar-refractivity contribution is -0.132. The lowest BCUT2D eigenvalue weighted by Crippen LogP contribution is -2.42. The fourth-order valence-electron chi connectivity index (χ4n) is 3.53. The number of β-amino-alcohol motifs (C(OH)–C–C–N with tert-alkyl or cyclic N) is 2. The summed E-state index contributed by atoms with van der Waals surface area (Å²) in [6, 6.07) is 5.29. The number of ether oxygens (including phenoxy) is 2. The quantitative estimate of drug-likeness (QED) is 0.338. The number of rotatable bonds is 10. The van der Waals surface area contributed by atoms with E-state index in [4.69, 9.17) is 9.47 Å². The van der Waals surface area contributed by atoms with E-state index in [1.54, 1.807) is 45.9 Å². The molecule has 0 aromatic heterocycles. The SMILES string of the molecule is CC1(C)NC(=O)N(C[C@@H](O)COc2cccc(OC[C@H](O)CN3C(=O)NC(C)(C)C3=O)c2)C1=O. The van der Waals surface area contributed by atoms with Crippen LogP contribution in [0.4, 0.5) is 9.59 Å². The van der Waals surface area contributed by atoms with Crippen molar-refractivity contribution < 1.29 is 38.9 Å². The molecule has 2 heterocycles. The Morgan fingerprint density at radius 2 is 1.18 bits per heavy atom. The van der Waals surface area contributed by atoms with Crippen LogP contribution in [0.2, 0.25) is 0 Å². The fraction of sp³-hybridized carbons (Fsp3) is 0.545. The molecule has 0 aliphatic carbocycles. The number of carbonyl (C=O) groups is 4. The first-order valence-corrected chi connectivity index (χ1v) is 10.8. The van der Waals surface area contributed by atoms with E-state index in [9.17, 15) is 29.4 Å². The number of urea groups is 2. The molecule has 2 fully saturated rings. The molecule has 6 amide bonds. The highest BCUT2D eigenvalue weighted by atomic mass is 16.5. The predicted molar refractivity (Wildman–Crippen MR) is 118 cm³/mol. The monoisotopic (exact) mass is 478 g/mol. The summed E-state index contributed by atoms with van der Waals surface area (Å²) in [7, 11) is 0. The van der Waals surface area contributed by atoms with E-state index in [0.717, 1.165) is 9.80 Å². The summed E-state index contributed by atoms with van der Waals surface area (Å²) in [5.41, 5.74) is -2.04. The summed E-state index contributed by atoms with van der Waals surface area (Å²) in [5.74, 6) is -0.136. The van der Waals surface area contributed by atoms with Crippen molar-refractivity contribution in [2.75, 3.05) is 26.3 Å². The van der Waals surface area contributed by atoms with Crippen molar-refractivity contribution in [3.63, 3.8) is 0 Å². The lowest BCUT2D eigenvalue weighted by Gasteiger charge is -2.20. The number of aliphatic hydroxyl groups is 2. The molecule has 1 aromatic rings. The third-order valence-corrected chi connectivity index (χ3v) is 5.37. The van der Waals surface area contributed by atoms with Gasteiger partial charge in [0, 0.05) is 6.07 Å². The van der Waals surface area contributed by atoms with Gasteiger partial charge in [0.15, 0.2) is 0 Å². The molecule has 3 rings (SSSR count). The number of amides is 6. The number of nitrogens with zero attached hydrogens (tertiary/aromatic N) is 2. The zero-order valence-corrected chi connectivity index (χ0v) is 19.5. The Labute approximate surface area is 196 Å². The second-order valence-electron chi connectivity index (χ2n) is 9.35. The Hall–Kier alpha value is -3.38. The Kier molecular flexibility index (Phi) is 7.03. The molecular weight excluding hydrogens is 448 g/mol. The topological polar surface area (TPSA) is 158 Å². The third-order valence-electron chi connectivity index (χ3n) is 5.37. The first-order valence-electron chi connectivity index (χ1n) is 10.8. The number of hydrogen-bond acceptors (Lipinski definition) is 8. The maximum absolute atomic E-state index is 12.2. The summed E-state index contributed by atoms with van der Waals surface area (Å²) in [4.78, 5) is 50.1. The normalized spacial score (nSPS) is 20.8. The van der Waals surface area contributed by atoms with Gasteiger partial charge in [0.2, 0.25) is 0 Å². The second kappa shape index (κ2) is 9.47. The van der Waals surface area contributed by atoms with Crippen molar-refractivity contribution in [1.29, 1.82) is 0 Å². The smallest absolute Gasteiger partial charge is 0.325 e. The zero-order valence-electron chi connectivity index (χ0n) is 19.5. The van der Waals surface area contributed by atoms with E-state index in [2.05, 4.69) is 10.6 Å². The Morgan fingerprint density at radius 1 is 0.794 bits per heavy atom. The number of hydrogen-bond donors (Lipinski definition) is 4. The Bertz CT molecular complexity index is 906. The summed E-state index contributed by atoms with van der Waals surface area (Å²) >= 11 is 0. The predicted octanol–water partition coefficient (Wildman–Crippen LogP) is -0.173. The van der Waals surface area contributed by atoms with E-state index in [1.165, 1.54) is 6.07 Å². The van der Waals surface area contributed by atoms with Crippen LogP contribution in [-0.4, -0.2) is 93.5 Å². The maximum Gasteiger partial charge on any atom is 0.325 e. The van der Waals surface area contributed by atoms with E-state index in [0.29, 0.717) is 11.5 Å². The molecule has 34 heavy (non-hydrogen) atoms. The molecule has 2 aliphatic rings. The van der Waals surface area contributed by atoms with Gasteiger partial charge in [-0.05, 0) is 39.8 Å². The standard InChI is InChI=1S/C22H30N4O8/c1-21(2)17(29)25(19(31)23-21)9-13(27)11-33-15-6-5-7-16(8-15)34-12-14(28)10-26-18(30)22(3,4)24-20(26)32/h5-8,13-14,27-28H,9-12H2,1-4H3,(H,23,31)(H,24,32)/t13-,14-/m1/s1. The molecule has 2 saturated heterocycles. The largest absolute Gasteiger partial charge is 0.491 e. The van der Waals surface area contributed by atoms with E-state index in [1.807, 2.05) is 0 Å². The Morgan fingerprint density at radius 3 is 1.50 bits per heavy atom. The molecule has 12 heteroatoms. The van der Waals surface area contributed by atoms with Gasteiger partial charge in [0.25, 0.3) is 11.8 Å². The van der Waals surface area contributed by atoms with Crippen molar-refractivity contribution >= 4 is 23.9 Å². The highest BCUT2D eigenvalue weighted by molar-refractivity contribution is 6.07. The highest BCUT2D eigenvalue weighted by Crippen LogP contribution is 2.21. The fourth-order valence-corrected chi connectivity index (χ4v) is 3.53. The maximum atomic E-state index is 12.2. The summed E-state index contributed by atoms with van der Waals surface area (Å²) in [6.45, 7) is 5.55. The van der Waals surface area contributed by atoms with Crippen molar-refractivity contribution in [3.8, 4) is 11.5 Å². The van der Waals surface area contributed by atoms with Gasteiger partial charge < -0.3 is 30.3 Å². The number of nitrogens with one attached hydrogen (secondary N) is 2. The van der Waals surface area contributed by atoms with Crippen LogP contribution in [0.3, 0.4) is 0 Å². The van der Waals surface area contributed by atoms with Crippen molar-refractivity contribution in [2.45, 2.75) is 51.0 Å². The number of benzene rings is 1. The molecule has 1 aromatic carbocycles. The van der Waals surface area contributed by atoms with Gasteiger partial charge in [-0.1, -0.05) is 6.07 Å². The summed E-state index contributed by atoms with van der Waals surface area (Å²) in [6.07, 6.45) is -2.22. The first kappa shape index (κ1) is 25.2. The van der Waals surface area contributed by atoms with E-state index < -0.39 is 47.2 Å². The minimum Gasteiger partial charge on any atom is -0.491 e. The molecule has 12 nitrogen and oxygen atoms in total. The van der Waals surface area contributed by atoms with Crippen LogP contribution in [0.25, 0.3) is 0 Å². The summed E-state index contributed by atoms with van der Waals surface area (Å²) in [5, 5.41) is 25.5. The molecular formula is C22H30N4O8. The van der Waals surface area contributed by atoms with Gasteiger partial charge in [0.05, 0.1) is 13.1 Å². The van der Waals surface area contributed by atoms with Crippen molar-refractivity contribution in [2.24, 2.45) is 0 Å². The van der Waals surface area contributed by atoms with Crippen LogP contribution in [0, 0.1) is 0 Å². The molecule has 0 bridgehead atoms. The molecule has 0 radical (unpaired) electrons. The molecule has 186 valence electrons. The summed E-state index contributed by atoms with van der Waals surface area (Å²) < 4.78 is 11.1. The van der Waals surface area contributed by atoms with Gasteiger partial charge >= 0.3 is 12.1 Å². The second-order valence-corrected chi connectivity index (χ2v) is 9.35. The van der Waals surface area contributed by atoms with Crippen LogP contribution in [0.1, 0.15) is 27.7 Å². The van der Waals surface area contributed by atoms with Crippen LogP contribution in [-0.2, 0) is 9.59 Å².